The topological polar surface area (TPSA) is 75.4 Å². The van der Waals surface area contributed by atoms with Crippen LogP contribution in [0.2, 0.25) is 0 Å². The van der Waals surface area contributed by atoms with Crippen LogP contribution in [0.4, 0.5) is 0 Å². The molecule has 15 heavy (non-hydrogen) atoms. The summed E-state index contributed by atoms with van der Waals surface area (Å²) in [5.74, 6) is -0.374. The first-order valence-electron chi connectivity index (χ1n) is 5.49. The monoisotopic (exact) mass is 211 g/mol. The molecule has 0 radical (unpaired) electrons. The molecule has 0 aromatic rings. The number of likely N-dealkylation sites (tertiary alicyclic amines) is 1. The molecule has 2 atom stereocenters. The normalized spacial score (nSPS) is 31.5. The van der Waals surface area contributed by atoms with E-state index in [1.165, 1.54) is 0 Å². The van der Waals surface area contributed by atoms with Crippen LogP contribution in [-0.4, -0.2) is 42.9 Å². The number of nitrogens with zero attached hydrogens (tertiary/aromatic N) is 1. The van der Waals surface area contributed by atoms with Gasteiger partial charge in [-0.15, -0.1) is 0 Å². The molecule has 0 unspecified atom stereocenters. The van der Waals surface area contributed by atoms with E-state index < -0.39 is 0 Å². The van der Waals surface area contributed by atoms with Gasteiger partial charge in [0.25, 0.3) is 0 Å². The van der Waals surface area contributed by atoms with E-state index in [1.807, 2.05) is 0 Å². The van der Waals surface area contributed by atoms with Gasteiger partial charge in [0.15, 0.2) is 0 Å². The minimum Gasteiger partial charge on any atom is -0.330 e. The maximum Gasteiger partial charge on any atom is 0.231 e. The summed E-state index contributed by atoms with van der Waals surface area (Å²) in [5.41, 5.74) is 5.44. The molecule has 2 saturated heterocycles. The van der Waals surface area contributed by atoms with Crippen molar-refractivity contribution in [2.24, 2.45) is 17.6 Å². The highest BCUT2D eigenvalue weighted by molar-refractivity contribution is 6.05. The largest absolute Gasteiger partial charge is 0.330 e. The predicted octanol–water partition coefficient (Wildman–Crippen LogP) is -1.07. The van der Waals surface area contributed by atoms with Gasteiger partial charge in [0.1, 0.15) is 0 Å². The Labute approximate surface area is 89.0 Å². The molecular formula is C10H17N3O2. The highest BCUT2D eigenvalue weighted by Crippen LogP contribution is 2.28. The lowest BCUT2D eigenvalue weighted by atomic mass is 9.88. The quantitative estimate of drug-likeness (QED) is 0.583. The van der Waals surface area contributed by atoms with Gasteiger partial charge in [-0.2, -0.15) is 0 Å². The number of carbonyl (C=O) groups is 2. The fourth-order valence-corrected chi connectivity index (χ4v) is 2.42. The Balaban J connectivity index is 1.93. The van der Waals surface area contributed by atoms with Gasteiger partial charge in [-0.05, 0) is 32.5 Å². The van der Waals surface area contributed by atoms with Gasteiger partial charge in [-0.3, -0.25) is 14.9 Å². The number of hydrogen-bond acceptors (Lipinski definition) is 4. The van der Waals surface area contributed by atoms with E-state index in [1.54, 1.807) is 0 Å². The number of piperidine rings is 1. The lowest BCUT2D eigenvalue weighted by molar-refractivity contribution is -0.126. The Bertz CT molecular complexity index is 280. The first-order chi connectivity index (χ1) is 7.22. The fourth-order valence-electron chi connectivity index (χ4n) is 2.42. The van der Waals surface area contributed by atoms with Crippen LogP contribution in [0, 0.1) is 11.8 Å². The average Bonchev–Trinajstić information content (AvgIpc) is 2.52. The number of carbonyl (C=O) groups excluding carboxylic acids is 2. The molecule has 2 rings (SSSR count). The molecule has 0 aliphatic carbocycles. The van der Waals surface area contributed by atoms with Gasteiger partial charge < -0.3 is 10.6 Å². The Morgan fingerprint density at radius 2 is 2.07 bits per heavy atom. The number of imide groups is 1. The van der Waals surface area contributed by atoms with Crippen molar-refractivity contribution in [3.05, 3.63) is 0 Å². The zero-order valence-corrected chi connectivity index (χ0v) is 8.74. The van der Waals surface area contributed by atoms with Gasteiger partial charge in [-0.25, -0.2) is 0 Å². The summed E-state index contributed by atoms with van der Waals surface area (Å²) in [5, 5.41) is 2.41. The number of nitrogens with two attached hydrogens (primary N) is 1. The van der Waals surface area contributed by atoms with Crippen LogP contribution in [0.5, 0.6) is 0 Å². The second-order valence-corrected chi connectivity index (χ2v) is 4.30. The van der Waals surface area contributed by atoms with Crippen LogP contribution in [0.1, 0.15) is 12.8 Å². The minimum absolute atomic E-state index is 0.0772. The Hall–Kier alpha value is -0.940. The smallest absolute Gasteiger partial charge is 0.231 e. The third-order valence-corrected chi connectivity index (χ3v) is 3.30. The van der Waals surface area contributed by atoms with E-state index in [9.17, 15) is 9.59 Å². The molecule has 2 heterocycles. The van der Waals surface area contributed by atoms with Crippen molar-refractivity contribution in [3.8, 4) is 0 Å². The molecule has 2 aliphatic heterocycles. The van der Waals surface area contributed by atoms with Gasteiger partial charge in [0.2, 0.25) is 11.8 Å². The third kappa shape index (κ3) is 2.03. The summed E-state index contributed by atoms with van der Waals surface area (Å²) in [6.07, 6.45) is 1.75. The first kappa shape index (κ1) is 10.6. The zero-order valence-electron chi connectivity index (χ0n) is 8.74. The molecule has 3 N–H and O–H groups in total. The molecule has 0 bridgehead atoms. The van der Waals surface area contributed by atoms with E-state index in [0.29, 0.717) is 13.1 Å². The van der Waals surface area contributed by atoms with Gasteiger partial charge in [-0.1, -0.05) is 0 Å². The maximum absolute atomic E-state index is 11.5. The lowest BCUT2D eigenvalue weighted by Gasteiger charge is -2.32. The van der Waals surface area contributed by atoms with Crippen molar-refractivity contribution in [2.45, 2.75) is 12.8 Å². The molecule has 5 heteroatoms. The summed E-state index contributed by atoms with van der Waals surface area (Å²) in [7, 11) is 0. The Morgan fingerprint density at radius 1 is 1.33 bits per heavy atom. The van der Waals surface area contributed by atoms with Gasteiger partial charge in [0, 0.05) is 6.54 Å². The van der Waals surface area contributed by atoms with E-state index in [-0.39, 0.29) is 23.7 Å². The van der Waals surface area contributed by atoms with E-state index in [0.717, 1.165) is 25.9 Å². The van der Waals surface area contributed by atoms with Crippen LogP contribution in [0.15, 0.2) is 0 Å². The average molecular weight is 211 g/mol. The van der Waals surface area contributed by atoms with Crippen molar-refractivity contribution in [1.29, 1.82) is 0 Å². The molecule has 2 aliphatic rings. The zero-order chi connectivity index (χ0) is 10.8. The fraction of sp³-hybridized carbons (Fsp3) is 0.800. The van der Waals surface area contributed by atoms with Gasteiger partial charge in [0.05, 0.1) is 11.8 Å². The second-order valence-electron chi connectivity index (χ2n) is 4.30. The number of amides is 2. The summed E-state index contributed by atoms with van der Waals surface area (Å²) in [4.78, 5) is 25.1. The van der Waals surface area contributed by atoms with E-state index >= 15 is 0 Å². The predicted molar refractivity (Wildman–Crippen MR) is 54.9 cm³/mol. The van der Waals surface area contributed by atoms with Crippen LogP contribution in [-0.2, 0) is 9.59 Å². The van der Waals surface area contributed by atoms with Crippen molar-refractivity contribution < 1.29 is 9.59 Å². The molecular weight excluding hydrogens is 194 g/mol. The van der Waals surface area contributed by atoms with Crippen molar-refractivity contribution in [1.82, 2.24) is 10.2 Å². The Kier molecular flexibility index (Phi) is 3.02. The summed E-state index contributed by atoms with van der Waals surface area (Å²) in [6.45, 7) is 3.22. The number of rotatable bonds is 3. The standard InChI is InChI=1S/C10H17N3O2/c11-3-1-4-13-5-2-7-8(6-13)10(15)12-9(7)14/h7-8H,1-6,11H2,(H,12,14,15)/t7-,8+/m0/s1. The number of hydrogen-bond donors (Lipinski definition) is 2. The number of fused-ring (bicyclic) bond motifs is 1. The summed E-state index contributed by atoms with van der Waals surface area (Å²) < 4.78 is 0. The molecule has 5 nitrogen and oxygen atoms in total. The molecule has 84 valence electrons. The second kappa shape index (κ2) is 4.28. The van der Waals surface area contributed by atoms with Crippen molar-refractivity contribution >= 4 is 11.8 Å². The molecule has 2 fully saturated rings. The molecule has 0 saturated carbocycles. The van der Waals surface area contributed by atoms with Crippen molar-refractivity contribution in [3.63, 3.8) is 0 Å². The molecule has 0 aromatic carbocycles. The van der Waals surface area contributed by atoms with Crippen LogP contribution in [0.3, 0.4) is 0 Å². The van der Waals surface area contributed by atoms with Crippen LogP contribution in [0.25, 0.3) is 0 Å². The van der Waals surface area contributed by atoms with Crippen molar-refractivity contribution in [2.75, 3.05) is 26.2 Å². The summed E-state index contributed by atoms with van der Waals surface area (Å²) >= 11 is 0. The van der Waals surface area contributed by atoms with E-state index in [4.69, 9.17) is 5.73 Å². The van der Waals surface area contributed by atoms with E-state index in [2.05, 4.69) is 10.2 Å². The highest BCUT2D eigenvalue weighted by atomic mass is 16.2. The molecule has 0 spiro atoms. The molecule has 0 aromatic heterocycles. The minimum atomic E-state index is -0.121. The molecule has 2 amide bonds. The SMILES string of the molecule is NCCCN1CC[C@@H]2C(=O)NC(=O)[C@@H]2C1. The van der Waals surface area contributed by atoms with Crippen LogP contribution >= 0.6 is 0 Å². The maximum atomic E-state index is 11.5. The lowest BCUT2D eigenvalue weighted by Crippen LogP contribution is -2.42. The van der Waals surface area contributed by atoms with Gasteiger partial charge >= 0.3 is 0 Å². The summed E-state index contributed by atoms with van der Waals surface area (Å²) in [6, 6.07) is 0. The number of nitrogens with one attached hydrogen (secondary N) is 1. The highest BCUT2D eigenvalue weighted by Gasteiger charge is 2.44. The van der Waals surface area contributed by atoms with Crippen LogP contribution < -0.4 is 11.1 Å². The third-order valence-electron chi connectivity index (χ3n) is 3.30. The first-order valence-corrected chi connectivity index (χ1v) is 5.49. The Morgan fingerprint density at radius 3 is 2.80 bits per heavy atom.